The van der Waals surface area contributed by atoms with Gasteiger partial charge in [0, 0.05) is 6.61 Å². The van der Waals surface area contributed by atoms with Crippen molar-refractivity contribution < 1.29 is 18.8 Å². The van der Waals surface area contributed by atoms with Gasteiger partial charge in [0.2, 0.25) is 11.7 Å². The first kappa shape index (κ1) is 15.6. The molecule has 0 spiro atoms. The summed E-state index contributed by atoms with van der Waals surface area (Å²) in [5, 5.41) is 3.90. The van der Waals surface area contributed by atoms with E-state index >= 15 is 0 Å². The Hall–Kier alpha value is -1.43. The lowest BCUT2D eigenvalue weighted by Crippen LogP contribution is -2.16. The number of aromatic nitrogens is 2. The summed E-state index contributed by atoms with van der Waals surface area (Å²) in [6, 6.07) is 0. The van der Waals surface area contributed by atoms with E-state index in [0.29, 0.717) is 31.3 Å². The van der Waals surface area contributed by atoms with E-state index in [1.165, 1.54) is 0 Å². The number of carbonyl (C=O) groups is 1. The summed E-state index contributed by atoms with van der Waals surface area (Å²) in [6.07, 6.45) is 1.12. The molecule has 6 nitrogen and oxygen atoms in total. The molecule has 2 unspecified atom stereocenters. The maximum atomic E-state index is 11.8. The first-order chi connectivity index (χ1) is 9.17. The summed E-state index contributed by atoms with van der Waals surface area (Å²) < 4.78 is 15.7. The van der Waals surface area contributed by atoms with Gasteiger partial charge in [0.15, 0.2) is 0 Å². The molecule has 108 valence electrons. The maximum absolute atomic E-state index is 11.8. The minimum Gasteiger partial charge on any atom is -0.465 e. The minimum absolute atomic E-state index is 0.192. The number of hydrogen-bond donors (Lipinski definition) is 0. The number of ether oxygens (including phenoxy) is 2. The average Bonchev–Trinajstić information content (AvgIpc) is 2.86. The third kappa shape index (κ3) is 4.02. The van der Waals surface area contributed by atoms with Gasteiger partial charge in [-0.1, -0.05) is 19.0 Å². The molecule has 0 fully saturated rings. The highest BCUT2D eigenvalue weighted by Crippen LogP contribution is 2.23. The van der Waals surface area contributed by atoms with Gasteiger partial charge in [-0.2, -0.15) is 4.98 Å². The molecule has 0 saturated carbocycles. The van der Waals surface area contributed by atoms with Crippen LogP contribution in [-0.4, -0.2) is 29.3 Å². The van der Waals surface area contributed by atoms with Crippen LogP contribution >= 0.6 is 0 Å². The van der Waals surface area contributed by atoms with Gasteiger partial charge in [-0.15, -0.1) is 0 Å². The Kier molecular flexibility index (Phi) is 6.49. The lowest BCUT2D eigenvalue weighted by Gasteiger charge is -2.10. The van der Waals surface area contributed by atoms with Crippen LogP contribution in [0.1, 0.15) is 64.3 Å². The number of esters is 1. The van der Waals surface area contributed by atoms with Crippen LogP contribution < -0.4 is 0 Å². The van der Waals surface area contributed by atoms with Crippen LogP contribution in [0.25, 0.3) is 0 Å². The predicted molar refractivity (Wildman–Crippen MR) is 68.6 cm³/mol. The van der Waals surface area contributed by atoms with Crippen molar-refractivity contribution in [2.75, 3.05) is 13.2 Å². The second kappa shape index (κ2) is 7.89. The first-order valence-electron chi connectivity index (χ1n) is 6.79. The SMILES string of the molecule is CCOC(=O)C(CC)c1nc(C(CC)OCC)no1. The van der Waals surface area contributed by atoms with Crippen molar-refractivity contribution in [2.24, 2.45) is 0 Å². The van der Waals surface area contributed by atoms with Crippen molar-refractivity contribution in [3.8, 4) is 0 Å². The normalized spacial score (nSPS) is 14.1. The van der Waals surface area contributed by atoms with Crippen LogP contribution in [-0.2, 0) is 14.3 Å². The number of carbonyl (C=O) groups excluding carboxylic acids is 1. The van der Waals surface area contributed by atoms with Gasteiger partial charge in [-0.25, -0.2) is 0 Å². The monoisotopic (exact) mass is 270 g/mol. The molecule has 19 heavy (non-hydrogen) atoms. The van der Waals surface area contributed by atoms with Crippen molar-refractivity contribution in [1.29, 1.82) is 0 Å². The van der Waals surface area contributed by atoms with Crippen molar-refractivity contribution in [3.63, 3.8) is 0 Å². The zero-order valence-electron chi connectivity index (χ0n) is 12.0. The second-order valence-corrected chi connectivity index (χ2v) is 4.06. The molecule has 0 bridgehead atoms. The summed E-state index contributed by atoms with van der Waals surface area (Å²) in [4.78, 5) is 16.0. The zero-order valence-corrected chi connectivity index (χ0v) is 12.0. The Labute approximate surface area is 113 Å². The molecule has 1 aromatic heterocycles. The Morgan fingerprint density at radius 3 is 2.47 bits per heavy atom. The van der Waals surface area contributed by atoms with Crippen molar-refractivity contribution in [1.82, 2.24) is 10.1 Å². The van der Waals surface area contributed by atoms with E-state index in [4.69, 9.17) is 14.0 Å². The predicted octanol–water partition coefficient (Wildman–Crippen LogP) is 2.61. The molecule has 0 radical (unpaired) electrons. The van der Waals surface area contributed by atoms with Gasteiger partial charge in [0.1, 0.15) is 12.0 Å². The van der Waals surface area contributed by atoms with Crippen LogP contribution in [0.4, 0.5) is 0 Å². The van der Waals surface area contributed by atoms with E-state index in [1.807, 2.05) is 20.8 Å². The fourth-order valence-corrected chi connectivity index (χ4v) is 1.78. The van der Waals surface area contributed by atoms with Crippen LogP contribution in [0.2, 0.25) is 0 Å². The highest BCUT2D eigenvalue weighted by molar-refractivity contribution is 5.76. The smallest absolute Gasteiger partial charge is 0.318 e. The fraction of sp³-hybridized carbons (Fsp3) is 0.769. The third-order valence-corrected chi connectivity index (χ3v) is 2.76. The van der Waals surface area contributed by atoms with Crippen LogP contribution in [0.3, 0.4) is 0 Å². The van der Waals surface area contributed by atoms with E-state index in [2.05, 4.69) is 10.1 Å². The van der Waals surface area contributed by atoms with Gasteiger partial charge >= 0.3 is 5.97 Å². The molecule has 0 aliphatic carbocycles. The van der Waals surface area contributed by atoms with Gasteiger partial charge in [0.25, 0.3) is 0 Å². The fourth-order valence-electron chi connectivity index (χ4n) is 1.78. The molecule has 0 amide bonds. The summed E-state index contributed by atoms with van der Waals surface area (Å²) in [7, 11) is 0. The highest BCUT2D eigenvalue weighted by Gasteiger charge is 2.27. The molecule has 0 saturated heterocycles. The molecule has 2 atom stereocenters. The summed E-state index contributed by atoms with van der Waals surface area (Å²) in [5.41, 5.74) is 0. The molecular formula is C13H22N2O4. The Bertz CT molecular complexity index is 392. The van der Waals surface area contributed by atoms with Crippen molar-refractivity contribution >= 4 is 5.97 Å². The molecule has 0 aromatic carbocycles. The number of rotatable bonds is 8. The molecule has 0 N–H and O–H groups in total. The number of hydrogen-bond acceptors (Lipinski definition) is 6. The van der Waals surface area contributed by atoms with Gasteiger partial charge in [0.05, 0.1) is 6.61 Å². The van der Waals surface area contributed by atoms with E-state index in [9.17, 15) is 4.79 Å². The molecule has 1 rings (SSSR count). The van der Waals surface area contributed by atoms with E-state index in [0.717, 1.165) is 6.42 Å². The molecule has 0 aliphatic heterocycles. The van der Waals surface area contributed by atoms with Gasteiger partial charge in [-0.05, 0) is 26.7 Å². The van der Waals surface area contributed by atoms with Gasteiger partial charge in [-0.3, -0.25) is 4.79 Å². The van der Waals surface area contributed by atoms with Crippen molar-refractivity contribution in [2.45, 2.75) is 52.6 Å². The van der Waals surface area contributed by atoms with Crippen LogP contribution in [0, 0.1) is 0 Å². The Morgan fingerprint density at radius 2 is 1.95 bits per heavy atom. The summed E-state index contributed by atoms with van der Waals surface area (Å²) >= 11 is 0. The second-order valence-electron chi connectivity index (χ2n) is 4.06. The van der Waals surface area contributed by atoms with Crippen LogP contribution in [0.5, 0.6) is 0 Å². The summed E-state index contributed by atoms with van der Waals surface area (Å²) in [5.74, 6) is -0.0406. The van der Waals surface area contributed by atoms with Gasteiger partial charge < -0.3 is 14.0 Å². The quantitative estimate of drug-likeness (QED) is 0.676. The average molecular weight is 270 g/mol. The lowest BCUT2D eigenvalue weighted by molar-refractivity contribution is -0.145. The van der Waals surface area contributed by atoms with Crippen molar-refractivity contribution in [3.05, 3.63) is 11.7 Å². The molecule has 1 aromatic rings. The van der Waals surface area contributed by atoms with E-state index < -0.39 is 5.92 Å². The number of nitrogens with zero attached hydrogens (tertiary/aromatic N) is 2. The zero-order chi connectivity index (χ0) is 14.3. The maximum Gasteiger partial charge on any atom is 0.318 e. The molecular weight excluding hydrogens is 248 g/mol. The van der Waals surface area contributed by atoms with E-state index in [1.54, 1.807) is 6.92 Å². The van der Waals surface area contributed by atoms with E-state index in [-0.39, 0.29) is 12.1 Å². The molecule has 6 heteroatoms. The molecule has 0 aliphatic rings. The highest BCUT2D eigenvalue weighted by atomic mass is 16.5. The third-order valence-electron chi connectivity index (χ3n) is 2.76. The topological polar surface area (TPSA) is 74.5 Å². The standard InChI is InChI=1S/C13H22N2O4/c1-5-9(13(16)18-8-4)12-14-11(15-19-12)10(6-2)17-7-3/h9-10H,5-8H2,1-4H3. The molecule has 1 heterocycles. The Balaban J connectivity index is 2.84. The minimum atomic E-state index is -0.500. The first-order valence-corrected chi connectivity index (χ1v) is 6.79. The van der Waals surface area contributed by atoms with Crippen LogP contribution in [0.15, 0.2) is 4.52 Å². The summed E-state index contributed by atoms with van der Waals surface area (Å²) in [6.45, 7) is 8.47. The Morgan fingerprint density at radius 1 is 1.21 bits per heavy atom. The largest absolute Gasteiger partial charge is 0.465 e. The lowest BCUT2D eigenvalue weighted by atomic mass is 10.1.